The molecular weight excluding hydrogens is 429 g/mol. The fraction of sp³-hybridized carbons (Fsp3) is 0.214. The summed E-state index contributed by atoms with van der Waals surface area (Å²) in [7, 11) is 0. The van der Waals surface area contributed by atoms with E-state index in [2.05, 4.69) is 18.7 Å². The first-order chi connectivity index (χ1) is 16.5. The first-order valence-electron chi connectivity index (χ1n) is 11.6. The quantitative estimate of drug-likeness (QED) is 0.490. The van der Waals surface area contributed by atoms with Gasteiger partial charge in [-0.3, -0.25) is 9.59 Å². The minimum absolute atomic E-state index is 0.300. The normalized spacial score (nSPS) is 15.4. The van der Waals surface area contributed by atoms with E-state index in [9.17, 15) is 14.0 Å². The number of imide groups is 1. The molecule has 0 fully saturated rings. The van der Waals surface area contributed by atoms with E-state index in [0.29, 0.717) is 29.1 Å². The van der Waals surface area contributed by atoms with Gasteiger partial charge in [0.05, 0.1) is 11.3 Å². The number of hydrogen-bond acceptors (Lipinski definition) is 4. The fourth-order valence-electron chi connectivity index (χ4n) is 4.85. The van der Waals surface area contributed by atoms with Gasteiger partial charge in [0.15, 0.2) is 0 Å². The molecule has 0 aliphatic carbocycles. The molecule has 0 aromatic heterocycles. The van der Waals surface area contributed by atoms with Crippen molar-refractivity contribution >= 4 is 34.4 Å². The van der Waals surface area contributed by atoms with Crippen LogP contribution in [0.2, 0.25) is 0 Å². The number of anilines is 3. The van der Waals surface area contributed by atoms with Crippen LogP contribution in [0.4, 0.5) is 21.5 Å². The van der Waals surface area contributed by atoms with E-state index in [1.807, 2.05) is 53.4 Å². The molecule has 0 saturated heterocycles. The highest BCUT2D eigenvalue weighted by atomic mass is 19.1. The van der Waals surface area contributed by atoms with Crippen LogP contribution in [0.15, 0.2) is 78.5 Å². The van der Waals surface area contributed by atoms with Crippen LogP contribution in [0.3, 0.4) is 0 Å². The second kappa shape index (κ2) is 8.78. The van der Waals surface area contributed by atoms with E-state index in [-0.39, 0.29) is 5.91 Å². The summed E-state index contributed by atoms with van der Waals surface area (Å²) in [5.74, 6) is -1.15. The number of halogens is 1. The van der Waals surface area contributed by atoms with E-state index in [1.54, 1.807) is 12.1 Å². The van der Waals surface area contributed by atoms with Crippen molar-refractivity contribution in [1.29, 1.82) is 0 Å². The molecule has 3 aromatic rings. The van der Waals surface area contributed by atoms with Crippen LogP contribution in [-0.2, 0) is 16.0 Å². The third-order valence-corrected chi connectivity index (χ3v) is 6.59. The first-order valence-corrected chi connectivity index (χ1v) is 11.6. The number of fused-ring (bicyclic) bond motifs is 1. The van der Waals surface area contributed by atoms with Gasteiger partial charge in [-0.1, -0.05) is 30.3 Å². The molecule has 0 bridgehead atoms. The van der Waals surface area contributed by atoms with E-state index in [4.69, 9.17) is 0 Å². The highest BCUT2D eigenvalue weighted by Crippen LogP contribution is 2.40. The molecule has 5 nitrogen and oxygen atoms in total. The maximum absolute atomic E-state index is 13.8. The molecule has 0 N–H and O–H groups in total. The maximum atomic E-state index is 13.8. The average Bonchev–Trinajstić information content (AvgIpc) is 3.39. The van der Waals surface area contributed by atoms with Crippen LogP contribution >= 0.6 is 0 Å². The Hall–Kier alpha value is -3.93. The Bertz CT molecular complexity index is 1280. The van der Waals surface area contributed by atoms with Crippen LogP contribution in [0, 0.1) is 5.82 Å². The van der Waals surface area contributed by atoms with Gasteiger partial charge in [-0.2, -0.15) is 0 Å². The molecule has 2 heterocycles. The van der Waals surface area contributed by atoms with Crippen LogP contribution in [-0.4, -0.2) is 31.4 Å². The number of rotatable bonds is 6. The highest BCUT2D eigenvalue weighted by Gasteiger charge is 2.44. The summed E-state index contributed by atoms with van der Waals surface area (Å²) in [5.41, 5.74) is 4.79. The average molecular weight is 456 g/mol. The first kappa shape index (κ1) is 21.9. The number of benzene rings is 3. The zero-order chi connectivity index (χ0) is 23.8. The van der Waals surface area contributed by atoms with Gasteiger partial charge in [-0.15, -0.1) is 0 Å². The lowest BCUT2D eigenvalue weighted by atomic mass is 10.0. The molecule has 0 atom stereocenters. The van der Waals surface area contributed by atoms with Gasteiger partial charge in [0.1, 0.15) is 11.5 Å². The molecule has 2 aliphatic heterocycles. The van der Waals surface area contributed by atoms with Crippen LogP contribution in [0.25, 0.3) is 5.57 Å². The van der Waals surface area contributed by atoms with Gasteiger partial charge >= 0.3 is 0 Å². The minimum Gasteiger partial charge on any atom is -0.372 e. The molecule has 0 saturated carbocycles. The Labute approximate surface area is 198 Å². The topological polar surface area (TPSA) is 43.9 Å². The van der Waals surface area contributed by atoms with Gasteiger partial charge in [0.2, 0.25) is 0 Å². The molecule has 3 aromatic carbocycles. The van der Waals surface area contributed by atoms with Crippen LogP contribution in [0.5, 0.6) is 0 Å². The Morgan fingerprint density at radius 1 is 0.853 bits per heavy atom. The van der Waals surface area contributed by atoms with Gasteiger partial charge in [-0.05, 0) is 73.9 Å². The van der Waals surface area contributed by atoms with Gasteiger partial charge < -0.3 is 9.80 Å². The number of amides is 2. The number of para-hydroxylation sites is 1. The van der Waals surface area contributed by atoms with Crippen molar-refractivity contribution in [3.05, 3.63) is 95.4 Å². The van der Waals surface area contributed by atoms with Crippen molar-refractivity contribution in [2.24, 2.45) is 0 Å². The Morgan fingerprint density at radius 3 is 2.21 bits per heavy atom. The van der Waals surface area contributed by atoms with Crippen LogP contribution < -0.4 is 14.7 Å². The Balaban J connectivity index is 1.59. The zero-order valence-electron chi connectivity index (χ0n) is 19.3. The molecule has 0 spiro atoms. The Morgan fingerprint density at radius 2 is 1.53 bits per heavy atom. The predicted octanol–water partition coefficient (Wildman–Crippen LogP) is 5.02. The maximum Gasteiger partial charge on any atom is 0.282 e. The smallest absolute Gasteiger partial charge is 0.282 e. The molecule has 34 heavy (non-hydrogen) atoms. The third kappa shape index (κ3) is 3.55. The van der Waals surface area contributed by atoms with Crippen molar-refractivity contribution in [3.8, 4) is 0 Å². The molecule has 0 radical (unpaired) electrons. The summed E-state index contributed by atoms with van der Waals surface area (Å²) in [5, 5.41) is 0. The predicted molar refractivity (Wildman–Crippen MR) is 133 cm³/mol. The molecule has 0 unspecified atom stereocenters. The summed E-state index contributed by atoms with van der Waals surface area (Å²) in [6, 6.07) is 21.2. The number of carbonyl (C=O) groups excluding carboxylic acids is 2. The second-order valence-corrected chi connectivity index (χ2v) is 8.40. The van der Waals surface area contributed by atoms with Gasteiger partial charge in [0.25, 0.3) is 11.8 Å². The van der Waals surface area contributed by atoms with Crippen LogP contribution in [0.1, 0.15) is 25.0 Å². The van der Waals surface area contributed by atoms with E-state index in [1.165, 1.54) is 17.0 Å². The molecule has 5 rings (SSSR count). The minimum atomic E-state index is -0.397. The lowest BCUT2D eigenvalue weighted by molar-refractivity contribution is -0.120. The van der Waals surface area contributed by atoms with Gasteiger partial charge in [0, 0.05) is 31.0 Å². The SMILES string of the molecule is CCN(CC)c1ccc(N2C(=O)C(c3ccc(F)cc3)=C(N3CCc4ccccc43)C2=O)cc1. The van der Waals surface area contributed by atoms with E-state index < -0.39 is 11.7 Å². The number of hydrogen-bond donors (Lipinski definition) is 0. The van der Waals surface area contributed by atoms with Gasteiger partial charge in [-0.25, -0.2) is 9.29 Å². The molecule has 6 heteroatoms. The molecular formula is C28H26FN3O2. The summed E-state index contributed by atoms with van der Waals surface area (Å²) >= 11 is 0. The highest BCUT2D eigenvalue weighted by molar-refractivity contribution is 6.46. The molecule has 2 amide bonds. The van der Waals surface area contributed by atoms with Crippen molar-refractivity contribution in [2.45, 2.75) is 20.3 Å². The monoisotopic (exact) mass is 455 g/mol. The van der Waals surface area contributed by atoms with Crippen molar-refractivity contribution in [1.82, 2.24) is 0 Å². The molecule has 2 aliphatic rings. The Kier molecular flexibility index (Phi) is 5.65. The second-order valence-electron chi connectivity index (χ2n) is 8.40. The van der Waals surface area contributed by atoms with E-state index in [0.717, 1.165) is 36.4 Å². The van der Waals surface area contributed by atoms with Crippen molar-refractivity contribution < 1.29 is 14.0 Å². The number of carbonyl (C=O) groups is 2. The largest absolute Gasteiger partial charge is 0.372 e. The standard InChI is InChI=1S/C28H26FN3O2/c1-3-30(4-2)22-13-15-23(16-14-22)32-27(33)25(20-9-11-21(29)12-10-20)26(28(32)34)31-18-17-19-7-5-6-8-24(19)31/h5-16H,3-4,17-18H2,1-2H3. The third-order valence-electron chi connectivity index (χ3n) is 6.59. The lowest BCUT2D eigenvalue weighted by Crippen LogP contribution is -2.35. The van der Waals surface area contributed by atoms with Crippen molar-refractivity contribution in [2.75, 3.05) is 34.3 Å². The van der Waals surface area contributed by atoms with Crippen molar-refractivity contribution in [3.63, 3.8) is 0 Å². The number of nitrogens with zero attached hydrogens (tertiary/aromatic N) is 3. The molecule has 172 valence electrons. The summed E-state index contributed by atoms with van der Waals surface area (Å²) in [6.07, 6.45) is 0.788. The van der Waals surface area contributed by atoms with E-state index >= 15 is 0 Å². The lowest BCUT2D eigenvalue weighted by Gasteiger charge is -2.23. The summed E-state index contributed by atoms with van der Waals surface area (Å²) in [6.45, 7) is 6.51. The fourth-order valence-corrected chi connectivity index (χ4v) is 4.85. The summed E-state index contributed by atoms with van der Waals surface area (Å²) in [4.78, 5) is 32.9. The summed E-state index contributed by atoms with van der Waals surface area (Å²) < 4.78 is 13.7. The zero-order valence-corrected chi connectivity index (χ0v) is 19.3.